The minimum Gasteiger partial charge on any atom is -0.497 e. The normalized spacial score (nSPS) is 14.7. The van der Waals surface area contributed by atoms with Gasteiger partial charge in [-0.05, 0) is 48.9 Å². The predicted octanol–water partition coefficient (Wildman–Crippen LogP) is 2.58. The lowest BCUT2D eigenvalue weighted by molar-refractivity contribution is -0.117. The number of imide groups is 1. The van der Waals surface area contributed by atoms with E-state index in [9.17, 15) is 14.4 Å². The lowest BCUT2D eigenvalue weighted by Gasteiger charge is -2.26. The lowest BCUT2D eigenvalue weighted by Crippen LogP contribution is -2.30. The molecule has 27 heavy (non-hydrogen) atoms. The van der Waals surface area contributed by atoms with Gasteiger partial charge in [0.15, 0.2) is 0 Å². The lowest BCUT2D eigenvalue weighted by atomic mass is 10.1. The third-order valence-electron chi connectivity index (χ3n) is 4.70. The molecule has 7 nitrogen and oxygen atoms in total. The fourth-order valence-corrected chi connectivity index (χ4v) is 2.94. The highest BCUT2D eigenvalue weighted by Crippen LogP contribution is 2.25. The number of amides is 4. The predicted molar refractivity (Wildman–Crippen MR) is 101 cm³/mol. The Labute approximate surface area is 157 Å². The summed E-state index contributed by atoms with van der Waals surface area (Å²) in [6.45, 7) is 1.93. The molecule has 1 atom stereocenters. The smallest absolute Gasteiger partial charge is 0.329 e. The molecule has 1 N–H and O–H groups in total. The van der Waals surface area contributed by atoms with Gasteiger partial charge in [0.25, 0.3) is 5.91 Å². The number of hydrogen-bond acceptors (Lipinski definition) is 4. The standard InChI is InChI=1S/C20H21N3O4/c1-13(15-5-4-6-17(11-15)27-3)22(2)19(25)14-7-9-16(10-8-14)23-12-18(24)21-20(23)26/h4-11,13H,12H2,1-3H3,(H,21,24,26)/t13-/m0/s1. The minimum atomic E-state index is -0.456. The monoisotopic (exact) mass is 367 g/mol. The van der Waals surface area contributed by atoms with E-state index in [0.717, 1.165) is 11.3 Å². The number of ether oxygens (including phenoxy) is 1. The molecular formula is C20H21N3O4. The summed E-state index contributed by atoms with van der Waals surface area (Å²) in [6.07, 6.45) is 0. The number of anilines is 1. The molecule has 1 aliphatic rings. The second-order valence-electron chi connectivity index (χ2n) is 6.35. The van der Waals surface area contributed by atoms with Crippen molar-refractivity contribution in [2.75, 3.05) is 25.6 Å². The summed E-state index contributed by atoms with van der Waals surface area (Å²) in [5.41, 5.74) is 2.04. The number of urea groups is 1. The maximum atomic E-state index is 12.8. The van der Waals surface area contributed by atoms with E-state index in [2.05, 4.69) is 5.32 Å². The van der Waals surface area contributed by atoms with E-state index in [1.807, 2.05) is 31.2 Å². The van der Waals surface area contributed by atoms with Gasteiger partial charge in [-0.1, -0.05) is 12.1 Å². The highest BCUT2D eigenvalue weighted by atomic mass is 16.5. The first-order valence-electron chi connectivity index (χ1n) is 8.53. The fraction of sp³-hybridized carbons (Fsp3) is 0.250. The van der Waals surface area contributed by atoms with Gasteiger partial charge in [-0.3, -0.25) is 19.8 Å². The molecule has 1 aliphatic heterocycles. The molecule has 0 aliphatic carbocycles. The molecule has 1 fully saturated rings. The van der Waals surface area contributed by atoms with E-state index >= 15 is 0 Å². The van der Waals surface area contributed by atoms with Crippen LogP contribution in [0.5, 0.6) is 5.75 Å². The summed E-state index contributed by atoms with van der Waals surface area (Å²) in [4.78, 5) is 38.8. The van der Waals surface area contributed by atoms with Gasteiger partial charge >= 0.3 is 6.03 Å². The van der Waals surface area contributed by atoms with Crippen LogP contribution < -0.4 is 15.0 Å². The molecule has 0 radical (unpaired) electrons. The Kier molecular flexibility index (Phi) is 5.12. The first-order valence-corrected chi connectivity index (χ1v) is 8.53. The van der Waals surface area contributed by atoms with Gasteiger partial charge in [-0.2, -0.15) is 0 Å². The van der Waals surface area contributed by atoms with E-state index in [4.69, 9.17) is 4.74 Å². The van der Waals surface area contributed by atoms with Crippen LogP contribution in [-0.4, -0.2) is 43.4 Å². The number of methoxy groups -OCH3 is 1. The average Bonchev–Trinajstić information content (AvgIpc) is 3.04. The van der Waals surface area contributed by atoms with Crippen LogP contribution in [0.15, 0.2) is 48.5 Å². The van der Waals surface area contributed by atoms with Crippen molar-refractivity contribution >= 4 is 23.5 Å². The fourth-order valence-electron chi connectivity index (χ4n) is 2.94. The average molecular weight is 367 g/mol. The first-order chi connectivity index (χ1) is 12.9. The summed E-state index contributed by atoms with van der Waals surface area (Å²) in [7, 11) is 3.35. The van der Waals surface area contributed by atoms with E-state index < -0.39 is 6.03 Å². The molecule has 0 bridgehead atoms. The van der Waals surface area contributed by atoms with E-state index in [0.29, 0.717) is 11.3 Å². The van der Waals surface area contributed by atoms with Gasteiger partial charge in [0.05, 0.1) is 13.2 Å². The molecular weight excluding hydrogens is 346 g/mol. The Morgan fingerprint density at radius 3 is 2.48 bits per heavy atom. The zero-order valence-corrected chi connectivity index (χ0v) is 15.4. The topological polar surface area (TPSA) is 79.0 Å². The molecule has 0 spiro atoms. The Hall–Kier alpha value is -3.35. The number of nitrogens with one attached hydrogen (secondary N) is 1. The molecule has 0 saturated carbocycles. The summed E-state index contributed by atoms with van der Waals surface area (Å²) in [5.74, 6) is 0.258. The van der Waals surface area contributed by atoms with Crippen molar-refractivity contribution in [1.82, 2.24) is 10.2 Å². The summed E-state index contributed by atoms with van der Waals surface area (Å²) >= 11 is 0. The number of hydrogen-bond donors (Lipinski definition) is 1. The van der Waals surface area contributed by atoms with Crippen LogP contribution in [0.1, 0.15) is 28.9 Å². The third-order valence-corrected chi connectivity index (χ3v) is 4.70. The highest BCUT2D eigenvalue weighted by molar-refractivity contribution is 6.12. The Morgan fingerprint density at radius 2 is 1.89 bits per heavy atom. The maximum Gasteiger partial charge on any atom is 0.329 e. The number of nitrogens with zero attached hydrogens (tertiary/aromatic N) is 2. The van der Waals surface area contributed by atoms with Crippen LogP contribution in [0, 0.1) is 0 Å². The van der Waals surface area contributed by atoms with E-state index in [-0.39, 0.29) is 24.4 Å². The Balaban J connectivity index is 1.74. The van der Waals surface area contributed by atoms with Crippen molar-refractivity contribution in [3.8, 4) is 5.75 Å². The van der Waals surface area contributed by atoms with Gasteiger partial charge in [-0.15, -0.1) is 0 Å². The third kappa shape index (κ3) is 3.76. The van der Waals surface area contributed by atoms with Gasteiger partial charge in [0, 0.05) is 18.3 Å². The molecule has 1 saturated heterocycles. The first kappa shape index (κ1) is 18.4. The van der Waals surface area contributed by atoms with Crippen molar-refractivity contribution in [2.24, 2.45) is 0 Å². The van der Waals surface area contributed by atoms with Crippen LogP contribution in [0.4, 0.5) is 10.5 Å². The Bertz CT molecular complexity index is 879. The van der Waals surface area contributed by atoms with Gasteiger partial charge in [-0.25, -0.2) is 4.79 Å². The van der Waals surface area contributed by atoms with Crippen LogP contribution >= 0.6 is 0 Å². The van der Waals surface area contributed by atoms with E-state index in [1.54, 1.807) is 43.3 Å². The van der Waals surface area contributed by atoms with Crippen LogP contribution in [0.2, 0.25) is 0 Å². The molecule has 4 amide bonds. The second-order valence-corrected chi connectivity index (χ2v) is 6.35. The van der Waals surface area contributed by atoms with Crippen LogP contribution in [0.25, 0.3) is 0 Å². The molecule has 2 aromatic rings. The molecule has 2 aromatic carbocycles. The minimum absolute atomic E-state index is 0.0150. The number of rotatable bonds is 5. The number of benzene rings is 2. The zero-order chi connectivity index (χ0) is 19.6. The number of carbonyl (C=O) groups excluding carboxylic acids is 3. The molecule has 1 heterocycles. The second kappa shape index (κ2) is 7.49. The molecule has 140 valence electrons. The SMILES string of the molecule is COc1cccc([C@H](C)N(C)C(=O)c2ccc(N3CC(=O)NC3=O)cc2)c1. The molecule has 0 unspecified atom stereocenters. The van der Waals surface area contributed by atoms with Crippen molar-refractivity contribution in [3.05, 3.63) is 59.7 Å². The Morgan fingerprint density at radius 1 is 1.19 bits per heavy atom. The molecule has 7 heteroatoms. The van der Waals surface area contributed by atoms with E-state index in [1.165, 1.54) is 4.90 Å². The quantitative estimate of drug-likeness (QED) is 0.824. The van der Waals surface area contributed by atoms with Gasteiger partial charge in [0.1, 0.15) is 12.3 Å². The van der Waals surface area contributed by atoms with Crippen molar-refractivity contribution in [3.63, 3.8) is 0 Å². The largest absolute Gasteiger partial charge is 0.497 e. The highest BCUT2D eigenvalue weighted by Gasteiger charge is 2.28. The molecule has 3 rings (SSSR count). The van der Waals surface area contributed by atoms with Gasteiger partial charge < -0.3 is 9.64 Å². The number of carbonyl (C=O) groups is 3. The summed E-state index contributed by atoms with van der Waals surface area (Å²) in [5, 5.41) is 2.23. The van der Waals surface area contributed by atoms with Crippen molar-refractivity contribution < 1.29 is 19.1 Å². The van der Waals surface area contributed by atoms with Crippen molar-refractivity contribution in [1.29, 1.82) is 0 Å². The van der Waals surface area contributed by atoms with Crippen LogP contribution in [0.3, 0.4) is 0 Å². The van der Waals surface area contributed by atoms with Crippen molar-refractivity contribution in [2.45, 2.75) is 13.0 Å². The maximum absolute atomic E-state index is 12.8. The summed E-state index contributed by atoms with van der Waals surface area (Å²) < 4.78 is 5.24. The zero-order valence-electron chi connectivity index (χ0n) is 15.4. The molecule has 0 aromatic heterocycles. The van der Waals surface area contributed by atoms with Gasteiger partial charge in [0.2, 0.25) is 5.91 Å². The van der Waals surface area contributed by atoms with Crippen LogP contribution in [-0.2, 0) is 4.79 Å². The summed E-state index contributed by atoms with van der Waals surface area (Å²) in [6, 6.07) is 13.6.